The maximum Gasteiger partial charge on any atom is 0.329 e. The largest absolute Gasteiger partial charge is 0.342 e. The third kappa shape index (κ3) is 4.17. The van der Waals surface area contributed by atoms with Gasteiger partial charge in [0.1, 0.15) is 0 Å². The molecule has 0 aliphatic carbocycles. The first-order valence-corrected chi connectivity index (χ1v) is 12.0. The topological polar surface area (TPSA) is 120 Å². The van der Waals surface area contributed by atoms with Crippen LogP contribution in [0.3, 0.4) is 0 Å². The van der Waals surface area contributed by atoms with Crippen molar-refractivity contribution in [2.24, 2.45) is 7.05 Å². The van der Waals surface area contributed by atoms with Gasteiger partial charge in [0, 0.05) is 32.4 Å². The second kappa shape index (κ2) is 9.22. The summed E-state index contributed by atoms with van der Waals surface area (Å²) in [6, 6.07) is 9.71. The summed E-state index contributed by atoms with van der Waals surface area (Å²) < 4.78 is 5.03. The van der Waals surface area contributed by atoms with Crippen LogP contribution >= 0.6 is 11.8 Å². The molecule has 4 aromatic rings. The van der Waals surface area contributed by atoms with Gasteiger partial charge in [-0.1, -0.05) is 42.8 Å². The van der Waals surface area contributed by atoms with Gasteiger partial charge in [0.25, 0.3) is 5.56 Å². The molecule has 4 heterocycles. The standard InChI is InChI=1S/C21H25N9O2S/c1-27-17-16(18(31)23-20(27)32)29(19(22-17)28-11-7-2-3-8-12-28)13-14-33-21-24-25-26-30(21)15-9-5-4-6-10-15/h4-6,9-10H,2-3,7-8,11-14H2,1H3,(H,23,31,32). The summed E-state index contributed by atoms with van der Waals surface area (Å²) in [6.45, 7) is 2.29. The Labute approximate surface area is 193 Å². The quantitative estimate of drug-likeness (QED) is 0.425. The number of thioether (sulfide) groups is 1. The number of anilines is 1. The van der Waals surface area contributed by atoms with Crippen LogP contribution in [0.25, 0.3) is 16.9 Å². The third-order valence-electron chi connectivity index (χ3n) is 5.86. The Morgan fingerprint density at radius 3 is 2.58 bits per heavy atom. The van der Waals surface area contributed by atoms with E-state index in [0.717, 1.165) is 37.6 Å². The summed E-state index contributed by atoms with van der Waals surface area (Å²) in [5.74, 6) is 1.36. The van der Waals surface area contributed by atoms with Gasteiger partial charge in [-0.2, -0.15) is 9.67 Å². The molecule has 5 rings (SSSR count). The van der Waals surface area contributed by atoms with E-state index < -0.39 is 11.2 Å². The van der Waals surface area contributed by atoms with Crippen molar-refractivity contribution < 1.29 is 0 Å². The summed E-state index contributed by atoms with van der Waals surface area (Å²) in [5.41, 5.74) is 0.827. The van der Waals surface area contributed by atoms with Crippen LogP contribution in [0.5, 0.6) is 0 Å². The second-order valence-electron chi connectivity index (χ2n) is 8.01. The molecule has 0 spiro atoms. The Morgan fingerprint density at radius 1 is 1.06 bits per heavy atom. The van der Waals surface area contributed by atoms with Crippen LogP contribution in [0.1, 0.15) is 25.7 Å². The maximum atomic E-state index is 12.8. The lowest BCUT2D eigenvalue weighted by atomic mass is 10.2. The van der Waals surface area contributed by atoms with Gasteiger partial charge in [-0.25, -0.2) is 4.79 Å². The first-order chi connectivity index (χ1) is 16.1. The fraction of sp³-hybridized carbons (Fsp3) is 0.429. The normalized spacial score (nSPS) is 14.6. The number of nitrogens with one attached hydrogen (secondary N) is 1. The molecule has 0 amide bonds. The number of nitrogens with zero attached hydrogens (tertiary/aromatic N) is 8. The van der Waals surface area contributed by atoms with Crippen molar-refractivity contribution in [3.63, 3.8) is 0 Å². The number of aromatic nitrogens is 8. The highest BCUT2D eigenvalue weighted by atomic mass is 32.2. The minimum absolute atomic E-state index is 0.405. The number of hydrogen-bond acceptors (Lipinski definition) is 8. The first kappa shape index (κ1) is 21.4. The highest BCUT2D eigenvalue weighted by Crippen LogP contribution is 2.25. The summed E-state index contributed by atoms with van der Waals surface area (Å²) >= 11 is 1.51. The number of aryl methyl sites for hydroxylation is 2. The van der Waals surface area contributed by atoms with Crippen molar-refractivity contribution in [3.05, 3.63) is 51.2 Å². The number of tetrazole rings is 1. The van der Waals surface area contributed by atoms with Crippen LogP contribution in [0, 0.1) is 0 Å². The van der Waals surface area contributed by atoms with E-state index in [1.54, 1.807) is 11.7 Å². The summed E-state index contributed by atoms with van der Waals surface area (Å²) in [6.07, 6.45) is 4.54. The van der Waals surface area contributed by atoms with E-state index in [1.807, 2.05) is 34.9 Å². The molecule has 1 N–H and O–H groups in total. The molecule has 0 unspecified atom stereocenters. The van der Waals surface area contributed by atoms with E-state index in [-0.39, 0.29) is 0 Å². The molecular weight excluding hydrogens is 442 g/mol. The van der Waals surface area contributed by atoms with Crippen molar-refractivity contribution in [2.75, 3.05) is 23.7 Å². The van der Waals surface area contributed by atoms with E-state index >= 15 is 0 Å². The van der Waals surface area contributed by atoms with Gasteiger partial charge in [-0.3, -0.25) is 14.3 Å². The highest BCUT2D eigenvalue weighted by molar-refractivity contribution is 7.99. The molecule has 1 aliphatic heterocycles. The zero-order valence-electron chi connectivity index (χ0n) is 18.3. The number of hydrogen-bond donors (Lipinski definition) is 1. The molecule has 1 saturated heterocycles. The molecule has 3 aromatic heterocycles. The summed E-state index contributed by atoms with van der Waals surface area (Å²) in [7, 11) is 1.63. The zero-order valence-corrected chi connectivity index (χ0v) is 19.2. The number of fused-ring (bicyclic) bond motifs is 1. The molecule has 0 saturated carbocycles. The van der Waals surface area contributed by atoms with Gasteiger partial charge in [-0.15, -0.1) is 5.10 Å². The Bertz CT molecular complexity index is 1360. The van der Waals surface area contributed by atoms with Crippen LogP contribution in [-0.2, 0) is 13.6 Å². The number of H-pyrrole nitrogens is 1. The summed E-state index contributed by atoms with van der Waals surface area (Å²) in [4.78, 5) is 34.3. The van der Waals surface area contributed by atoms with Crippen LogP contribution in [0.15, 0.2) is 45.1 Å². The molecule has 1 aliphatic rings. The maximum absolute atomic E-state index is 12.8. The predicted octanol–water partition coefficient (Wildman–Crippen LogP) is 1.57. The molecule has 11 nitrogen and oxygen atoms in total. The lowest BCUT2D eigenvalue weighted by Crippen LogP contribution is -2.30. The van der Waals surface area contributed by atoms with Gasteiger partial charge < -0.3 is 9.47 Å². The average Bonchev–Trinajstić information content (AvgIpc) is 3.35. The smallest absolute Gasteiger partial charge is 0.329 e. The minimum Gasteiger partial charge on any atom is -0.342 e. The van der Waals surface area contributed by atoms with Gasteiger partial charge in [0.2, 0.25) is 11.1 Å². The predicted molar refractivity (Wildman–Crippen MR) is 126 cm³/mol. The van der Waals surface area contributed by atoms with Crippen molar-refractivity contribution in [1.82, 2.24) is 39.3 Å². The molecule has 33 heavy (non-hydrogen) atoms. The van der Waals surface area contributed by atoms with Gasteiger partial charge in [0.05, 0.1) is 5.69 Å². The van der Waals surface area contributed by atoms with E-state index in [0.29, 0.717) is 28.6 Å². The van der Waals surface area contributed by atoms with Crippen LogP contribution in [0.4, 0.5) is 5.95 Å². The van der Waals surface area contributed by atoms with Crippen LogP contribution in [0.2, 0.25) is 0 Å². The molecule has 172 valence electrons. The number of para-hydroxylation sites is 1. The van der Waals surface area contributed by atoms with Crippen molar-refractivity contribution >= 4 is 28.9 Å². The fourth-order valence-corrected chi connectivity index (χ4v) is 4.99. The average molecular weight is 468 g/mol. The fourth-order valence-electron chi connectivity index (χ4n) is 4.18. The minimum atomic E-state index is -0.462. The van der Waals surface area contributed by atoms with Crippen molar-refractivity contribution in [3.8, 4) is 5.69 Å². The molecule has 1 aromatic carbocycles. The van der Waals surface area contributed by atoms with Crippen LogP contribution in [-0.4, -0.2) is 58.2 Å². The Balaban J connectivity index is 1.47. The second-order valence-corrected chi connectivity index (χ2v) is 9.07. The lowest BCUT2D eigenvalue weighted by Gasteiger charge is -2.22. The molecule has 12 heteroatoms. The number of aromatic amines is 1. The van der Waals surface area contributed by atoms with Crippen LogP contribution < -0.4 is 16.1 Å². The number of benzene rings is 1. The van der Waals surface area contributed by atoms with E-state index in [2.05, 4.69) is 25.4 Å². The molecule has 0 bridgehead atoms. The Kier molecular flexibility index (Phi) is 5.99. The third-order valence-corrected chi connectivity index (χ3v) is 6.76. The van der Waals surface area contributed by atoms with Crippen molar-refractivity contribution in [2.45, 2.75) is 37.4 Å². The van der Waals surface area contributed by atoms with Gasteiger partial charge in [0.15, 0.2) is 11.2 Å². The first-order valence-electron chi connectivity index (χ1n) is 11.0. The van der Waals surface area contributed by atoms with Gasteiger partial charge in [-0.05, 0) is 35.4 Å². The molecule has 1 fully saturated rings. The molecule has 0 atom stereocenters. The Morgan fingerprint density at radius 2 is 1.82 bits per heavy atom. The highest BCUT2D eigenvalue weighted by Gasteiger charge is 2.22. The van der Waals surface area contributed by atoms with E-state index in [9.17, 15) is 9.59 Å². The lowest BCUT2D eigenvalue weighted by molar-refractivity contribution is 0.704. The molecular formula is C21H25N9O2S. The molecule has 0 radical (unpaired) electrons. The summed E-state index contributed by atoms with van der Waals surface area (Å²) in [5, 5.41) is 12.8. The SMILES string of the molecule is Cn1c(=O)[nH]c(=O)c2c1nc(N1CCCCCC1)n2CCSc1nnnn1-c1ccccc1. The number of imidazole rings is 1. The van der Waals surface area contributed by atoms with Gasteiger partial charge >= 0.3 is 5.69 Å². The zero-order chi connectivity index (χ0) is 22.8. The Hall–Kier alpha value is -3.41. The monoisotopic (exact) mass is 467 g/mol. The van der Waals surface area contributed by atoms with Crippen molar-refractivity contribution in [1.29, 1.82) is 0 Å². The van der Waals surface area contributed by atoms with E-state index in [1.165, 1.54) is 29.2 Å². The number of rotatable bonds is 6. The van der Waals surface area contributed by atoms with E-state index in [4.69, 9.17) is 4.98 Å².